The van der Waals surface area contributed by atoms with Crippen molar-refractivity contribution >= 4 is 34.6 Å². The van der Waals surface area contributed by atoms with Crippen molar-refractivity contribution in [1.82, 2.24) is 9.80 Å². The molecule has 0 saturated carbocycles. The Bertz CT molecular complexity index is 1160. The Kier molecular flexibility index (Phi) is 9.63. The van der Waals surface area contributed by atoms with Crippen LogP contribution in [0.15, 0.2) is 54.0 Å². The van der Waals surface area contributed by atoms with Crippen LogP contribution < -0.4 is 25.6 Å². The summed E-state index contributed by atoms with van der Waals surface area (Å²) < 4.78 is 5.71. The summed E-state index contributed by atoms with van der Waals surface area (Å²) in [5.74, 6) is 0.643. The number of nitrogens with zero attached hydrogens (tertiary/aromatic N) is 5. The highest BCUT2D eigenvalue weighted by Crippen LogP contribution is 2.39. The van der Waals surface area contributed by atoms with Crippen molar-refractivity contribution in [3.8, 4) is 5.75 Å². The number of hydrogen-bond donors (Lipinski definition) is 2. The largest absolute Gasteiger partial charge is 0.494 e. The van der Waals surface area contributed by atoms with Crippen LogP contribution in [0.3, 0.4) is 0 Å². The second-order valence-electron chi connectivity index (χ2n) is 9.97. The smallest absolute Gasteiger partial charge is 0.247 e. The van der Waals surface area contributed by atoms with Gasteiger partial charge in [0.25, 0.3) is 0 Å². The van der Waals surface area contributed by atoms with E-state index in [0.717, 1.165) is 31.7 Å². The molecule has 206 valence electrons. The summed E-state index contributed by atoms with van der Waals surface area (Å²) in [6, 6.07) is 12.6. The van der Waals surface area contributed by atoms with Gasteiger partial charge in [0.05, 0.1) is 24.5 Å². The van der Waals surface area contributed by atoms with Crippen molar-refractivity contribution < 1.29 is 9.53 Å². The summed E-state index contributed by atoms with van der Waals surface area (Å²) in [4.78, 5) is 25.6. The molecule has 1 unspecified atom stereocenters. The lowest BCUT2D eigenvalue weighted by Crippen LogP contribution is -2.51. The maximum absolute atomic E-state index is 12.2. The lowest BCUT2D eigenvalue weighted by Gasteiger charge is -2.36. The van der Waals surface area contributed by atoms with E-state index in [4.69, 9.17) is 15.5 Å². The molecule has 0 radical (unpaired) electrons. The number of rotatable bonds is 11. The first kappa shape index (κ1) is 28.8. The summed E-state index contributed by atoms with van der Waals surface area (Å²) >= 11 is 0. The van der Waals surface area contributed by atoms with Crippen LogP contribution in [0.25, 0.3) is 0 Å². The van der Waals surface area contributed by atoms with Gasteiger partial charge >= 0.3 is 0 Å². The first-order valence-electron chi connectivity index (χ1n) is 13.0. The number of likely N-dealkylation sites (N-methyl/N-ethyl adjacent to an activating group) is 4. The van der Waals surface area contributed by atoms with Gasteiger partial charge in [-0.15, -0.1) is 0 Å². The number of para-hydroxylation sites is 1. The summed E-state index contributed by atoms with van der Waals surface area (Å²) in [6.45, 7) is 10.5. The van der Waals surface area contributed by atoms with Gasteiger partial charge in [-0.05, 0) is 58.1 Å². The molecule has 2 aromatic rings. The number of carbonyl (C=O) groups is 1. The van der Waals surface area contributed by atoms with Gasteiger partial charge in [0, 0.05) is 51.5 Å². The van der Waals surface area contributed by atoms with Crippen molar-refractivity contribution in [3.05, 3.63) is 54.6 Å². The maximum Gasteiger partial charge on any atom is 0.247 e. The molecule has 3 rings (SSSR count). The number of hydrogen-bond acceptors (Lipinski definition) is 6. The van der Waals surface area contributed by atoms with Gasteiger partial charge in [0.2, 0.25) is 5.91 Å². The number of aliphatic imine (C=N–C) groups is 1. The predicted octanol–water partition coefficient (Wildman–Crippen LogP) is 3.54. The number of fused-ring (bicyclic) bond motifs is 1. The molecule has 0 fully saturated rings. The van der Waals surface area contributed by atoms with Crippen molar-refractivity contribution in [2.24, 2.45) is 10.7 Å². The van der Waals surface area contributed by atoms with E-state index in [1.807, 2.05) is 39.2 Å². The maximum atomic E-state index is 12.2. The highest BCUT2D eigenvalue weighted by molar-refractivity contribution is 6.02. The number of guanidine groups is 1. The Hall–Kier alpha value is -3.72. The molecule has 1 heterocycles. The van der Waals surface area contributed by atoms with Crippen LogP contribution in [0.1, 0.15) is 19.4 Å². The number of nitrogens with two attached hydrogens (primary N) is 1. The van der Waals surface area contributed by atoms with Gasteiger partial charge in [-0.3, -0.25) is 4.79 Å². The summed E-state index contributed by atoms with van der Waals surface area (Å²) in [5.41, 5.74) is 11.2. The number of methoxy groups -OCH3 is 1. The van der Waals surface area contributed by atoms with Crippen LogP contribution in [-0.4, -0.2) is 88.7 Å². The van der Waals surface area contributed by atoms with Crippen LogP contribution in [0, 0.1) is 0 Å². The molecule has 2 aromatic carbocycles. The molecule has 0 aliphatic carbocycles. The molecule has 1 aliphatic rings. The number of anilines is 3. The third-order valence-corrected chi connectivity index (χ3v) is 7.27. The third-order valence-electron chi connectivity index (χ3n) is 7.27. The second-order valence-corrected chi connectivity index (χ2v) is 9.97. The lowest BCUT2D eigenvalue weighted by atomic mass is 10.0. The zero-order valence-electron chi connectivity index (χ0n) is 23.9. The van der Waals surface area contributed by atoms with E-state index in [1.54, 1.807) is 13.2 Å². The fourth-order valence-corrected chi connectivity index (χ4v) is 4.86. The quantitative estimate of drug-likeness (QED) is 0.266. The Balaban J connectivity index is 1.92. The average Bonchev–Trinajstić information content (AvgIpc) is 3.29. The fraction of sp³-hybridized carbons (Fsp3) is 0.448. The fourth-order valence-electron chi connectivity index (χ4n) is 4.86. The van der Waals surface area contributed by atoms with Crippen molar-refractivity contribution in [1.29, 1.82) is 0 Å². The van der Waals surface area contributed by atoms with Gasteiger partial charge in [-0.1, -0.05) is 24.8 Å². The molecular formula is C29H43N7O2. The zero-order valence-corrected chi connectivity index (χ0v) is 23.9. The molecule has 1 aliphatic heterocycles. The minimum absolute atomic E-state index is 0.105. The topological polar surface area (TPSA) is 89.7 Å². The van der Waals surface area contributed by atoms with Crippen LogP contribution in [0.2, 0.25) is 0 Å². The molecule has 9 nitrogen and oxygen atoms in total. The number of ether oxygens (including phenoxy) is 1. The molecular weight excluding hydrogens is 478 g/mol. The van der Waals surface area contributed by atoms with E-state index in [-0.39, 0.29) is 18.0 Å². The monoisotopic (exact) mass is 521 g/mol. The minimum Gasteiger partial charge on any atom is -0.494 e. The molecule has 0 spiro atoms. The molecule has 0 bridgehead atoms. The molecule has 1 amide bonds. The standard InChI is InChI=1S/C29H43N7O2/c1-9-28(37)31-22-18-23(27(38-8)19-26(22)34(6)16-15-33(4)5)32-29(30)35(7)20(3)25-17-21-13-11-12-14-24(21)36(25)10-2/h9,11-14,18-20,25H,1,10,15-17H2,2-8H3,(H2,30,32)(H,31,37)/t20?,25-/m0/s1. The van der Waals surface area contributed by atoms with E-state index >= 15 is 0 Å². The van der Waals surface area contributed by atoms with Crippen LogP contribution >= 0.6 is 0 Å². The average molecular weight is 522 g/mol. The predicted molar refractivity (Wildman–Crippen MR) is 159 cm³/mol. The lowest BCUT2D eigenvalue weighted by molar-refractivity contribution is -0.111. The summed E-state index contributed by atoms with van der Waals surface area (Å²) in [7, 11) is 9.61. The molecule has 3 N–H and O–H groups in total. The second kappa shape index (κ2) is 12.7. The molecule has 2 atom stereocenters. The number of amides is 1. The van der Waals surface area contributed by atoms with E-state index < -0.39 is 0 Å². The van der Waals surface area contributed by atoms with Crippen LogP contribution in [0.4, 0.5) is 22.7 Å². The van der Waals surface area contributed by atoms with Gasteiger partial charge in [-0.25, -0.2) is 4.99 Å². The van der Waals surface area contributed by atoms with Crippen LogP contribution in [0.5, 0.6) is 5.75 Å². The minimum atomic E-state index is -0.300. The number of nitrogens with one attached hydrogen (secondary N) is 1. The van der Waals surface area contributed by atoms with Crippen molar-refractivity contribution in [3.63, 3.8) is 0 Å². The van der Waals surface area contributed by atoms with Gasteiger partial charge in [0.1, 0.15) is 11.4 Å². The molecule has 0 aromatic heterocycles. The van der Waals surface area contributed by atoms with Gasteiger partial charge in [0.15, 0.2) is 5.96 Å². The molecule has 9 heteroatoms. The summed E-state index contributed by atoms with van der Waals surface area (Å²) in [6.07, 6.45) is 2.21. The SMILES string of the molecule is C=CC(=O)Nc1cc(N=C(N)N(C)C(C)[C@@H]2Cc3ccccc3N2CC)c(OC)cc1N(C)CCN(C)C. The Morgan fingerprint density at radius 1 is 1.26 bits per heavy atom. The van der Waals surface area contributed by atoms with Crippen LogP contribution in [-0.2, 0) is 11.2 Å². The Morgan fingerprint density at radius 2 is 1.97 bits per heavy atom. The third kappa shape index (κ3) is 6.39. The van der Waals surface area contributed by atoms with Gasteiger partial charge in [-0.2, -0.15) is 0 Å². The summed E-state index contributed by atoms with van der Waals surface area (Å²) in [5, 5.41) is 2.92. The first-order valence-corrected chi connectivity index (χ1v) is 13.0. The van der Waals surface area contributed by atoms with E-state index in [9.17, 15) is 4.79 Å². The first-order chi connectivity index (χ1) is 18.1. The Labute approximate surface area is 227 Å². The van der Waals surface area contributed by atoms with E-state index in [0.29, 0.717) is 23.1 Å². The van der Waals surface area contributed by atoms with E-state index in [1.165, 1.54) is 17.3 Å². The number of carbonyl (C=O) groups excluding carboxylic acids is 1. The van der Waals surface area contributed by atoms with E-state index in [2.05, 4.69) is 64.7 Å². The van der Waals surface area contributed by atoms with Crippen molar-refractivity contribution in [2.75, 3.05) is 70.1 Å². The highest BCUT2D eigenvalue weighted by Gasteiger charge is 2.34. The highest BCUT2D eigenvalue weighted by atomic mass is 16.5. The number of benzene rings is 2. The zero-order chi connectivity index (χ0) is 28.0. The molecule has 38 heavy (non-hydrogen) atoms. The van der Waals surface area contributed by atoms with Gasteiger partial charge < -0.3 is 35.4 Å². The molecule has 0 saturated heterocycles. The normalized spacial score (nSPS) is 15.7. The van der Waals surface area contributed by atoms with Crippen molar-refractivity contribution in [2.45, 2.75) is 32.4 Å². The Morgan fingerprint density at radius 3 is 2.61 bits per heavy atom.